The van der Waals surface area contributed by atoms with E-state index in [0.29, 0.717) is 35.0 Å². The van der Waals surface area contributed by atoms with Crippen LogP contribution in [0.3, 0.4) is 0 Å². The molecule has 0 saturated carbocycles. The number of pyridine rings is 2. The Kier molecular flexibility index (Phi) is 4.85. The second kappa shape index (κ2) is 7.69. The molecule has 0 aliphatic carbocycles. The van der Waals surface area contributed by atoms with Gasteiger partial charge in [0.05, 0.1) is 22.9 Å². The van der Waals surface area contributed by atoms with Gasteiger partial charge in [0.25, 0.3) is 5.56 Å². The molecule has 4 aromatic rings. The Bertz CT molecular complexity index is 1390. The van der Waals surface area contributed by atoms with Crippen LogP contribution in [0.25, 0.3) is 21.9 Å². The highest BCUT2D eigenvalue weighted by Gasteiger charge is 2.25. The first-order chi connectivity index (χ1) is 15.1. The molecule has 9 heteroatoms. The number of fused-ring (bicyclic) bond motifs is 2. The molecule has 8 nitrogen and oxygen atoms in total. The van der Waals surface area contributed by atoms with Gasteiger partial charge in [-0.2, -0.15) is 10.4 Å². The molecule has 1 aliphatic rings. The fourth-order valence-corrected chi connectivity index (χ4v) is 4.46. The predicted molar refractivity (Wildman–Crippen MR) is 120 cm³/mol. The van der Waals surface area contributed by atoms with Crippen molar-refractivity contribution in [2.24, 2.45) is 7.05 Å². The van der Waals surface area contributed by atoms with Crippen LogP contribution in [0.5, 0.6) is 0 Å². The van der Waals surface area contributed by atoms with Crippen LogP contribution in [0.15, 0.2) is 41.3 Å². The molecule has 1 N–H and O–H groups in total. The second-order valence-electron chi connectivity index (χ2n) is 7.72. The maximum atomic E-state index is 12.8. The van der Waals surface area contributed by atoms with Crippen LogP contribution in [0.4, 0.5) is 5.69 Å². The van der Waals surface area contributed by atoms with Crippen LogP contribution in [0, 0.1) is 11.3 Å². The van der Waals surface area contributed by atoms with Gasteiger partial charge >= 0.3 is 0 Å². The number of hydrogen-bond donors (Lipinski definition) is 1. The highest BCUT2D eigenvalue weighted by Crippen LogP contribution is 2.29. The first-order valence-electron chi connectivity index (χ1n) is 10.0. The van der Waals surface area contributed by atoms with Gasteiger partial charge in [-0.1, -0.05) is 29.8 Å². The van der Waals surface area contributed by atoms with Crippen LogP contribution < -0.4 is 10.5 Å². The van der Waals surface area contributed by atoms with Gasteiger partial charge < -0.3 is 9.47 Å². The van der Waals surface area contributed by atoms with Gasteiger partial charge in [-0.3, -0.25) is 14.8 Å². The van der Waals surface area contributed by atoms with Crippen molar-refractivity contribution >= 4 is 39.2 Å². The zero-order chi connectivity index (χ0) is 21.5. The van der Waals surface area contributed by atoms with E-state index >= 15 is 0 Å². The van der Waals surface area contributed by atoms with E-state index in [9.17, 15) is 10.1 Å². The van der Waals surface area contributed by atoms with Crippen LogP contribution >= 0.6 is 11.6 Å². The number of nitrogens with one attached hydrogen (secondary N) is 1. The molecule has 1 aromatic carbocycles. The number of H-pyrrole nitrogens is 1. The minimum atomic E-state index is -0.317. The maximum Gasteiger partial charge on any atom is 0.270 e. The van der Waals surface area contributed by atoms with Gasteiger partial charge in [0.2, 0.25) is 0 Å². The molecule has 3 aromatic heterocycles. The first-order valence-corrected chi connectivity index (χ1v) is 10.4. The van der Waals surface area contributed by atoms with Crippen molar-refractivity contribution in [2.45, 2.75) is 6.54 Å². The van der Waals surface area contributed by atoms with E-state index in [1.54, 1.807) is 19.2 Å². The lowest BCUT2D eigenvalue weighted by molar-refractivity contribution is 0.250. The third kappa shape index (κ3) is 3.32. The average molecular weight is 434 g/mol. The molecule has 0 radical (unpaired) electrons. The normalized spacial score (nSPS) is 14.9. The molecule has 0 unspecified atom stereocenters. The summed E-state index contributed by atoms with van der Waals surface area (Å²) in [4.78, 5) is 21.7. The number of benzene rings is 1. The number of anilines is 1. The lowest BCUT2D eigenvalue weighted by Gasteiger charge is -2.36. The summed E-state index contributed by atoms with van der Waals surface area (Å²) in [5.74, 6) is 0. The van der Waals surface area contributed by atoms with Crippen molar-refractivity contribution in [1.29, 1.82) is 5.26 Å². The molecular weight excluding hydrogens is 414 g/mol. The number of halogens is 1. The zero-order valence-electron chi connectivity index (χ0n) is 17.0. The average Bonchev–Trinajstić information content (AvgIpc) is 3.27. The molecule has 4 heterocycles. The van der Waals surface area contributed by atoms with Crippen LogP contribution in [-0.2, 0) is 13.6 Å². The highest BCUT2D eigenvalue weighted by atomic mass is 35.5. The fourth-order valence-electron chi connectivity index (χ4n) is 4.31. The van der Waals surface area contributed by atoms with Gasteiger partial charge in [-0.15, -0.1) is 0 Å². The minimum absolute atomic E-state index is 0.112. The van der Waals surface area contributed by atoms with Gasteiger partial charge in [0.15, 0.2) is 0 Å². The van der Waals surface area contributed by atoms with E-state index < -0.39 is 0 Å². The van der Waals surface area contributed by atoms with Crippen LogP contribution in [-0.4, -0.2) is 50.8 Å². The van der Waals surface area contributed by atoms with Crippen molar-refractivity contribution in [3.8, 4) is 6.07 Å². The highest BCUT2D eigenvalue weighted by molar-refractivity contribution is 6.29. The molecule has 0 spiro atoms. The summed E-state index contributed by atoms with van der Waals surface area (Å²) in [6, 6.07) is 11.7. The summed E-state index contributed by atoms with van der Waals surface area (Å²) >= 11 is 6.15. The number of nitrogens with zero attached hydrogens (tertiary/aromatic N) is 6. The first kappa shape index (κ1) is 19.5. The number of rotatable bonds is 3. The van der Waals surface area contributed by atoms with E-state index in [0.717, 1.165) is 30.5 Å². The lowest BCUT2D eigenvalue weighted by Crippen LogP contribution is -2.47. The Labute approximate surface area is 183 Å². The number of aryl methyl sites for hydroxylation is 1. The van der Waals surface area contributed by atoms with Crippen LogP contribution in [0.2, 0.25) is 5.15 Å². The van der Waals surface area contributed by atoms with Crippen molar-refractivity contribution in [2.75, 3.05) is 31.1 Å². The van der Waals surface area contributed by atoms with E-state index in [-0.39, 0.29) is 11.1 Å². The number of nitriles is 1. The summed E-state index contributed by atoms with van der Waals surface area (Å²) in [5, 5.41) is 18.4. The summed E-state index contributed by atoms with van der Waals surface area (Å²) in [5.41, 5.74) is 3.89. The van der Waals surface area contributed by atoms with Crippen molar-refractivity contribution < 1.29 is 0 Å². The molecule has 31 heavy (non-hydrogen) atoms. The molecular formula is C22H20ClN7O. The largest absolute Gasteiger partial charge is 0.366 e. The quantitative estimate of drug-likeness (QED) is 0.499. The Morgan fingerprint density at radius 2 is 2.00 bits per heavy atom. The molecule has 156 valence electrons. The molecule has 0 amide bonds. The van der Waals surface area contributed by atoms with Gasteiger partial charge in [0, 0.05) is 45.2 Å². The number of para-hydroxylation sites is 1. The molecule has 1 saturated heterocycles. The Morgan fingerprint density at radius 3 is 2.77 bits per heavy atom. The zero-order valence-corrected chi connectivity index (χ0v) is 17.7. The van der Waals surface area contributed by atoms with Crippen molar-refractivity contribution in [3.63, 3.8) is 0 Å². The maximum absolute atomic E-state index is 12.8. The standard InChI is InChI=1S/C22H20ClN7O/c1-28-17-5-6-18(23)26-20(17)21(16(11-24)22(28)31)30-9-7-29(8-10-30)13-15-4-2-3-14-12-25-27-19(14)15/h2-6,12H,7-10,13H2,1H3,(H,25,27). The summed E-state index contributed by atoms with van der Waals surface area (Å²) in [6.07, 6.45) is 1.83. The fraction of sp³-hybridized carbons (Fsp3) is 0.273. The van der Waals surface area contributed by atoms with Crippen molar-refractivity contribution in [3.05, 3.63) is 63.2 Å². The molecule has 1 fully saturated rings. The molecule has 5 rings (SSSR count). The molecule has 0 atom stereocenters. The van der Waals surface area contributed by atoms with E-state index in [1.807, 2.05) is 18.3 Å². The number of aromatic nitrogens is 4. The van der Waals surface area contributed by atoms with Gasteiger partial charge in [-0.05, 0) is 17.7 Å². The van der Waals surface area contributed by atoms with E-state index in [2.05, 4.69) is 37.1 Å². The summed E-state index contributed by atoms with van der Waals surface area (Å²) in [7, 11) is 1.65. The van der Waals surface area contributed by atoms with E-state index in [1.165, 1.54) is 10.1 Å². The lowest BCUT2D eigenvalue weighted by atomic mass is 10.1. The van der Waals surface area contributed by atoms with Crippen LogP contribution in [0.1, 0.15) is 11.1 Å². The number of aromatic amines is 1. The minimum Gasteiger partial charge on any atom is -0.366 e. The SMILES string of the molecule is Cn1c(=O)c(C#N)c(N2CCN(Cc3cccc4cn[nH]c34)CC2)c2nc(Cl)ccc21. The van der Waals surface area contributed by atoms with Crippen molar-refractivity contribution in [1.82, 2.24) is 24.6 Å². The van der Waals surface area contributed by atoms with Gasteiger partial charge in [0.1, 0.15) is 22.3 Å². The summed E-state index contributed by atoms with van der Waals surface area (Å²) in [6.45, 7) is 3.77. The molecule has 0 bridgehead atoms. The third-order valence-electron chi connectivity index (χ3n) is 5.94. The Morgan fingerprint density at radius 1 is 1.19 bits per heavy atom. The summed E-state index contributed by atoms with van der Waals surface area (Å²) < 4.78 is 1.46. The number of piperazine rings is 1. The third-order valence-corrected chi connectivity index (χ3v) is 6.15. The Balaban J connectivity index is 1.45. The molecule has 1 aliphatic heterocycles. The monoisotopic (exact) mass is 433 g/mol. The number of hydrogen-bond acceptors (Lipinski definition) is 6. The smallest absolute Gasteiger partial charge is 0.270 e. The van der Waals surface area contributed by atoms with E-state index in [4.69, 9.17) is 11.6 Å². The second-order valence-corrected chi connectivity index (χ2v) is 8.10. The van der Waals surface area contributed by atoms with Gasteiger partial charge in [-0.25, -0.2) is 4.98 Å². The predicted octanol–water partition coefficient (Wildman–Crippen LogP) is 2.66. The Hall–Kier alpha value is -3.41. The topological polar surface area (TPSA) is 93.8 Å².